The van der Waals surface area contributed by atoms with Crippen molar-refractivity contribution in [2.24, 2.45) is 0 Å². The van der Waals surface area contributed by atoms with Gasteiger partial charge in [0, 0.05) is 19.3 Å². The van der Waals surface area contributed by atoms with E-state index in [1.165, 1.54) is 11.1 Å². The van der Waals surface area contributed by atoms with Crippen LogP contribution in [0.25, 0.3) is 0 Å². The maximum Gasteiger partial charge on any atom is 0.140 e. The number of hydrogen-bond donors (Lipinski definition) is 1. The van der Waals surface area contributed by atoms with Gasteiger partial charge in [-0.3, -0.25) is 0 Å². The van der Waals surface area contributed by atoms with Crippen LogP contribution in [-0.4, -0.2) is 11.6 Å². The molecule has 0 saturated carbocycles. The Morgan fingerprint density at radius 2 is 1.95 bits per heavy atom. The third-order valence-electron chi connectivity index (χ3n) is 2.78. The highest BCUT2D eigenvalue weighted by Gasteiger charge is 2.04. The number of benzene rings is 1. The zero-order valence-electron chi connectivity index (χ0n) is 10.9. The van der Waals surface area contributed by atoms with Crippen molar-refractivity contribution in [2.75, 3.05) is 11.9 Å². The Morgan fingerprint density at radius 1 is 1.16 bits per heavy atom. The quantitative estimate of drug-likeness (QED) is 0.873. The van der Waals surface area contributed by atoms with Crippen LogP contribution in [0.1, 0.15) is 18.1 Å². The number of hydrogen-bond acceptors (Lipinski definition) is 3. The lowest BCUT2D eigenvalue weighted by molar-refractivity contribution is 0.133. The van der Waals surface area contributed by atoms with Gasteiger partial charge in [-0.15, -0.1) is 0 Å². The third kappa shape index (κ3) is 4.04. The summed E-state index contributed by atoms with van der Waals surface area (Å²) < 4.78 is 6.45. The Balaban J connectivity index is 2.05. The molecule has 0 bridgehead atoms. The number of anilines is 1. The zero-order chi connectivity index (χ0) is 13.5. The van der Waals surface area contributed by atoms with Gasteiger partial charge in [-0.05, 0) is 46.1 Å². The van der Waals surface area contributed by atoms with Crippen molar-refractivity contribution in [3.63, 3.8) is 0 Å². The predicted octanol–water partition coefficient (Wildman–Crippen LogP) is 3.99. The van der Waals surface area contributed by atoms with E-state index in [9.17, 15) is 0 Å². The van der Waals surface area contributed by atoms with E-state index >= 15 is 0 Å². The van der Waals surface area contributed by atoms with Crippen molar-refractivity contribution >= 4 is 21.7 Å². The SMILES string of the molecule is CCOCc1ccccc1CNc1ncccc1Br. The van der Waals surface area contributed by atoms with Crippen LogP contribution in [0.3, 0.4) is 0 Å². The van der Waals surface area contributed by atoms with Gasteiger partial charge in [-0.25, -0.2) is 4.98 Å². The van der Waals surface area contributed by atoms with Crippen LogP contribution in [-0.2, 0) is 17.9 Å². The Labute approximate surface area is 122 Å². The lowest BCUT2D eigenvalue weighted by Gasteiger charge is -2.11. The number of rotatable bonds is 6. The first-order valence-corrected chi connectivity index (χ1v) is 7.09. The maximum absolute atomic E-state index is 5.48. The predicted molar refractivity (Wildman–Crippen MR) is 81.0 cm³/mol. The summed E-state index contributed by atoms with van der Waals surface area (Å²) in [4.78, 5) is 4.30. The van der Waals surface area contributed by atoms with Crippen LogP contribution in [0, 0.1) is 0 Å². The van der Waals surface area contributed by atoms with Crippen molar-refractivity contribution < 1.29 is 4.74 Å². The minimum Gasteiger partial charge on any atom is -0.377 e. The van der Waals surface area contributed by atoms with E-state index in [2.05, 4.69) is 38.4 Å². The van der Waals surface area contributed by atoms with E-state index in [1.54, 1.807) is 6.20 Å². The average molecular weight is 321 g/mol. The van der Waals surface area contributed by atoms with Gasteiger partial charge in [0.1, 0.15) is 5.82 Å². The second-order valence-corrected chi connectivity index (χ2v) is 4.95. The zero-order valence-corrected chi connectivity index (χ0v) is 12.5. The fourth-order valence-electron chi connectivity index (χ4n) is 1.78. The number of ether oxygens (including phenoxy) is 1. The van der Waals surface area contributed by atoms with Gasteiger partial charge in [0.2, 0.25) is 0 Å². The molecule has 19 heavy (non-hydrogen) atoms. The molecule has 0 amide bonds. The van der Waals surface area contributed by atoms with Crippen LogP contribution < -0.4 is 5.32 Å². The maximum atomic E-state index is 5.48. The number of halogens is 1. The highest BCUT2D eigenvalue weighted by atomic mass is 79.9. The third-order valence-corrected chi connectivity index (χ3v) is 3.42. The van der Waals surface area contributed by atoms with Gasteiger partial charge >= 0.3 is 0 Å². The molecule has 100 valence electrons. The Kier molecular flexibility index (Phi) is 5.36. The lowest BCUT2D eigenvalue weighted by Crippen LogP contribution is -2.05. The molecule has 0 fully saturated rings. The van der Waals surface area contributed by atoms with Crippen LogP contribution in [0.4, 0.5) is 5.82 Å². The Bertz CT molecular complexity index is 531. The van der Waals surface area contributed by atoms with Crippen molar-refractivity contribution in [3.8, 4) is 0 Å². The van der Waals surface area contributed by atoms with Crippen LogP contribution >= 0.6 is 15.9 Å². The fourth-order valence-corrected chi connectivity index (χ4v) is 2.17. The molecular weight excluding hydrogens is 304 g/mol. The minimum atomic E-state index is 0.651. The molecule has 2 rings (SSSR count). The van der Waals surface area contributed by atoms with Crippen LogP contribution in [0.5, 0.6) is 0 Å². The summed E-state index contributed by atoms with van der Waals surface area (Å²) >= 11 is 3.48. The Morgan fingerprint density at radius 3 is 2.68 bits per heavy atom. The molecule has 4 heteroatoms. The molecule has 3 nitrogen and oxygen atoms in total. The Hall–Kier alpha value is -1.39. The van der Waals surface area contributed by atoms with Crippen molar-refractivity contribution in [3.05, 3.63) is 58.2 Å². The van der Waals surface area contributed by atoms with E-state index in [0.29, 0.717) is 6.61 Å². The molecule has 1 aromatic heterocycles. The van der Waals surface area contributed by atoms with Crippen molar-refractivity contribution in [2.45, 2.75) is 20.1 Å². The lowest BCUT2D eigenvalue weighted by atomic mass is 10.1. The molecule has 1 aromatic carbocycles. The minimum absolute atomic E-state index is 0.651. The van der Waals surface area contributed by atoms with E-state index < -0.39 is 0 Å². The van der Waals surface area contributed by atoms with Gasteiger partial charge in [0.15, 0.2) is 0 Å². The summed E-state index contributed by atoms with van der Waals surface area (Å²) in [7, 11) is 0. The molecule has 0 atom stereocenters. The first-order valence-electron chi connectivity index (χ1n) is 6.30. The fraction of sp³-hybridized carbons (Fsp3) is 0.267. The topological polar surface area (TPSA) is 34.1 Å². The van der Waals surface area contributed by atoms with E-state index in [1.807, 2.05) is 31.2 Å². The largest absolute Gasteiger partial charge is 0.377 e. The first-order chi connectivity index (χ1) is 9.31. The molecule has 0 unspecified atom stereocenters. The molecule has 0 aliphatic rings. The molecule has 0 aliphatic heterocycles. The number of pyridine rings is 1. The van der Waals surface area contributed by atoms with Crippen LogP contribution in [0.15, 0.2) is 47.1 Å². The van der Waals surface area contributed by atoms with Crippen LogP contribution in [0.2, 0.25) is 0 Å². The smallest absolute Gasteiger partial charge is 0.140 e. The standard InChI is InChI=1S/C15H17BrN2O/c1-2-19-11-13-7-4-3-6-12(13)10-18-15-14(16)8-5-9-17-15/h3-9H,2,10-11H2,1H3,(H,17,18). The number of aromatic nitrogens is 1. The molecule has 1 heterocycles. The molecular formula is C15H17BrN2O. The molecule has 0 aliphatic carbocycles. The first kappa shape index (κ1) is 14.0. The van der Waals surface area contributed by atoms with E-state index in [-0.39, 0.29) is 0 Å². The normalized spacial score (nSPS) is 10.4. The summed E-state index contributed by atoms with van der Waals surface area (Å²) in [5, 5.41) is 3.33. The average Bonchev–Trinajstić information content (AvgIpc) is 2.45. The van der Waals surface area contributed by atoms with Gasteiger partial charge in [0.05, 0.1) is 11.1 Å². The number of nitrogens with one attached hydrogen (secondary N) is 1. The second kappa shape index (κ2) is 7.26. The molecule has 0 spiro atoms. The van der Waals surface area contributed by atoms with Gasteiger partial charge in [-0.1, -0.05) is 24.3 Å². The van der Waals surface area contributed by atoms with Crippen molar-refractivity contribution in [1.29, 1.82) is 0 Å². The molecule has 1 N–H and O–H groups in total. The summed E-state index contributed by atoms with van der Waals surface area (Å²) in [6.45, 7) is 4.12. The second-order valence-electron chi connectivity index (χ2n) is 4.09. The molecule has 2 aromatic rings. The monoisotopic (exact) mass is 320 g/mol. The summed E-state index contributed by atoms with van der Waals surface area (Å²) in [6.07, 6.45) is 1.78. The van der Waals surface area contributed by atoms with Gasteiger partial charge in [-0.2, -0.15) is 0 Å². The summed E-state index contributed by atoms with van der Waals surface area (Å²) in [5.41, 5.74) is 2.44. The molecule has 0 radical (unpaired) electrons. The summed E-state index contributed by atoms with van der Waals surface area (Å²) in [5.74, 6) is 0.855. The van der Waals surface area contributed by atoms with Gasteiger partial charge in [0.25, 0.3) is 0 Å². The van der Waals surface area contributed by atoms with E-state index in [0.717, 1.165) is 23.4 Å². The highest BCUT2D eigenvalue weighted by Crippen LogP contribution is 2.20. The summed E-state index contributed by atoms with van der Waals surface area (Å²) in [6, 6.07) is 12.2. The highest BCUT2D eigenvalue weighted by molar-refractivity contribution is 9.10. The van der Waals surface area contributed by atoms with Gasteiger partial charge < -0.3 is 10.1 Å². The molecule has 0 saturated heterocycles. The number of nitrogens with zero attached hydrogens (tertiary/aromatic N) is 1. The van der Waals surface area contributed by atoms with E-state index in [4.69, 9.17) is 4.74 Å². The van der Waals surface area contributed by atoms with Crippen molar-refractivity contribution in [1.82, 2.24) is 4.98 Å².